The van der Waals surface area contributed by atoms with Crippen LogP contribution in [0.3, 0.4) is 0 Å². The number of hydrogen-bond acceptors (Lipinski definition) is 3. The summed E-state index contributed by atoms with van der Waals surface area (Å²) in [7, 11) is -0.343. The monoisotopic (exact) mass is 369 g/mol. The smallest absolute Gasteiger partial charge is 0.314 e. The maximum absolute atomic E-state index is 14.0. The average Bonchev–Trinajstić information content (AvgIpc) is 2.62. The maximum atomic E-state index is 14.0. The second-order valence-corrected chi connectivity index (χ2v) is 9.53. The Balaban J connectivity index is 1.87. The van der Waals surface area contributed by atoms with Crippen LogP contribution in [0.4, 0.5) is 8.78 Å². The summed E-state index contributed by atoms with van der Waals surface area (Å²) < 4.78 is 38.0. The van der Waals surface area contributed by atoms with Gasteiger partial charge in [0.1, 0.15) is 0 Å². The minimum atomic E-state index is -1.17. The van der Waals surface area contributed by atoms with Crippen LogP contribution in [0.25, 0.3) is 0 Å². The highest BCUT2D eigenvalue weighted by Crippen LogP contribution is 2.32. The van der Waals surface area contributed by atoms with Crippen LogP contribution in [-0.4, -0.2) is 21.4 Å². The van der Waals surface area contributed by atoms with E-state index >= 15 is 0 Å². The van der Waals surface area contributed by atoms with E-state index in [1.807, 2.05) is 0 Å². The molecule has 1 heterocycles. The zero-order valence-electron chi connectivity index (χ0n) is 15.1. The Hall–Kier alpha value is -1.43. The Bertz CT molecular complexity index is 572. The summed E-state index contributed by atoms with van der Waals surface area (Å²) in [4.78, 5) is 12.3. The maximum Gasteiger partial charge on any atom is 0.314 e. The number of carbonyl (C=O) groups excluding carboxylic acids is 1. The van der Waals surface area contributed by atoms with Crippen LogP contribution < -0.4 is 9.47 Å². The van der Waals surface area contributed by atoms with Gasteiger partial charge in [-0.1, -0.05) is 44.3 Å². The van der Waals surface area contributed by atoms with Crippen molar-refractivity contribution >= 4 is 14.8 Å². The highest BCUT2D eigenvalue weighted by atomic mass is 28.3. The summed E-state index contributed by atoms with van der Waals surface area (Å²) in [6, 6.07) is 6.08. The molecular weight excluding hydrogens is 342 g/mol. The molecule has 0 spiro atoms. The number of carbonyl (C=O) groups is 1. The normalized spacial score (nSPS) is 16.0. The topological polar surface area (TPSA) is 35.5 Å². The number of esters is 1. The lowest BCUT2D eigenvalue weighted by molar-refractivity contribution is -0.139. The van der Waals surface area contributed by atoms with E-state index in [-0.39, 0.29) is 32.8 Å². The van der Waals surface area contributed by atoms with E-state index < -0.39 is 17.6 Å². The molecule has 1 aromatic carbocycles. The summed E-state index contributed by atoms with van der Waals surface area (Å²) in [5.41, 5.74) is 0. The van der Waals surface area contributed by atoms with Gasteiger partial charge in [0.25, 0.3) is 0 Å². The number of benzene rings is 1. The summed E-state index contributed by atoms with van der Waals surface area (Å²) in [6.07, 6.45) is 5.41. The minimum absolute atomic E-state index is 0.170. The first-order chi connectivity index (χ1) is 12.1. The van der Waals surface area contributed by atoms with Crippen LogP contribution in [0, 0.1) is 17.6 Å². The predicted octanol–water partition coefficient (Wildman–Crippen LogP) is 5.36. The summed E-state index contributed by atoms with van der Waals surface area (Å²) in [6.45, 7) is 4.12. The number of hydrogen-bond donors (Lipinski definition) is 0. The van der Waals surface area contributed by atoms with E-state index in [2.05, 4.69) is 6.92 Å². The molecule has 0 aliphatic carbocycles. The van der Waals surface area contributed by atoms with Crippen molar-refractivity contribution < 1.29 is 23.0 Å². The molecule has 0 unspecified atom stereocenters. The van der Waals surface area contributed by atoms with Crippen LogP contribution in [0.5, 0.6) is 11.5 Å². The SMILES string of the molecule is CCCCC[Si]1CCC(C(=O)Oc2ccc(OCC)c(F)c2F)CC1. The van der Waals surface area contributed by atoms with Gasteiger partial charge in [-0.15, -0.1) is 0 Å². The number of ether oxygens (including phenoxy) is 2. The Kier molecular flexibility index (Phi) is 7.87. The second-order valence-electron chi connectivity index (χ2n) is 6.53. The van der Waals surface area contributed by atoms with E-state index in [4.69, 9.17) is 9.47 Å². The minimum Gasteiger partial charge on any atom is -0.491 e. The highest BCUT2D eigenvalue weighted by molar-refractivity contribution is 6.59. The molecule has 0 N–H and O–H groups in total. The van der Waals surface area contributed by atoms with Crippen LogP contribution in [0.15, 0.2) is 12.1 Å². The molecule has 0 amide bonds. The van der Waals surface area contributed by atoms with E-state index in [0.29, 0.717) is 0 Å². The van der Waals surface area contributed by atoms with E-state index in [9.17, 15) is 13.6 Å². The summed E-state index contributed by atoms with van der Waals surface area (Å²) in [5.74, 6) is -3.45. The molecule has 6 heteroatoms. The van der Waals surface area contributed by atoms with Crippen LogP contribution in [-0.2, 0) is 4.79 Å². The van der Waals surface area contributed by atoms with Crippen molar-refractivity contribution in [3.8, 4) is 11.5 Å². The number of rotatable bonds is 8. The van der Waals surface area contributed by atoms with E-state index in [1.165, 1.54) is 37.4 Å². The molecule has 0 atom stereocenters. The molecule has 3 nitrogen and oxygen atoms in total. The van der Waals surface area contributed by atoms with Gasteiger partial charge >= 0.3 is 5.97 Å². The van der Waals surface area contributed by atoms with E-state index in [1.54, 1.807) is 6.92 Å². The van der Waals surface area contributed by atoms with Gasteiger partial charge in [-0.25, -0.2) is 0 Å². The van der Waals surface area contributed by atoms with Gasteiger partial charge < -0.3 is 9.47 Å². The molecule has 0 saturated carbocycles. The molecule has 1 saturated heterocycles. The molecule has 0 bridgehead atoms. The fourth-order valence-corrected chi connectivity index (χ4v) is 6.20. The van der Waals surface area contributed by atoms with Gasteiger partial charge in [0.05, 0.1) is 12.5 Å². The third kappa shape index (κ3) is 5.52. The quantitative estimate of drug-likeness (QED) is 0.268. The van der Waals surface area contributed by atoms with Crippen molar-refractivity contribution in [3.05, 3.63) is 23.8 Å². The first-order valence-electron chi connectivity index (χ1n) is 9.22. The Labute approximate surface area is 150 Å². The molecule has 1 aromatic rings. The van der Waals surface area contributed by atoms with Crippen LogP contribution in [0.2, 0.25) is 18.1 Å². The molecule has 0 aromatic heterocycles. The molecule has 25 heavy (non-hydrogen) atoms. The van der Waals surface area contributed by atoms with Crippen molar-refractivity contribution in [1.82, 2.24) is 0 Å². The van der Waals surface area contributed by atoms with Crippen molar-refractivity contribution in [1.29, 1.82) is 0 Å². The lowest BCUT2D eigenvalue weighted by Gasteiger charge is -2.26. The third-order valence-corrected chi connectivity index (χ3v) is 7.73. The standard InChI is InChI=1S/C19H27F2O3Si/c1-3-5-6-11-25-12-9-14(10-13-25)19(22)24-16-8-7-15(23-4-2)17(20)18(16)21/h7-8,14H,3-6,9-13H2,1-2H3. The summed E-state index contributed by atoms with van der Waals surface area (Å²) >= 11 is 0. The van der Waals surface area contributed by atoms with Gasteiger partial charge in [0.15, 0.2) is 11.5 Å². The Morgan fingerprint density at radius 2 is 1.76 bits per heavy atom. The van der Waals surface area contributed by atoms with E-state index in [0.717, 1.165) is 24.9 Å². The van der Waals surface area contributed by atoms with Crippen molar-refractivity contribution in [2.24, 2.45) is 5.92 Å². The van der Waals surface area contributed by atoms with Crippen molar-refractivity contribution in [3.63, 3.8) is 0 Å². The average molecular weight is 370 g/mol. The van der Waals surface area contributed by atoms with Crippen molar-refractivity contribution in [2.75, 3.05) is 6.61 Å². The Morgan fingerprint density at radius 3 is 2.40 bits per heavy atom. The van der Waals surface area contributed by atoms with Crippen LogP contribution >= 0.6 is 0 Å². The lowest BCUT2D eigenvalue weighted by Crippen LogP contribution is -2.29. The number of halogens is 2. The fraction of sp³-hybridized carbons (Fsp3) is 0.632. The van der Waals surface area contributed by atoms with Crippen LogP contribution in [0.1, 0.15) is 46.0 Å². The fourth-order valence-electron chi connectivity index (χ4n) is 3.19. The molecule has 1 aliphatic heterocycles. The highest BCUT2D eigenvalue weighted by Gasteiger charge is 2.29. The molecular formula is C19H27F2O3Si. The lowest BCUT2D eigenvalue weighted by atomic mass is 10.0. The molecule has 1 aliphatic rings. The zero-order chi connectivity index (χ0) is 18.2. The first-order valence-corrected chi connectivity index (χ1v) is 11.3. The van der Waals surface area contributed by atoms with Gasteiger partial charge in [0, 0.05) is 8.80 Å². The van der Waals surface area contributed by atoms with Crippen molar-refractivity contribution in [2.45, 2.75) is 64.1 Å². The molecule has 1 radical (unpaired) electrons. The molecule has 139 valence electrons. The zero-order valence-corrected chi connectivity index (χ0v) is 16.1. The van der Waals surface area contributed by atoms with Gasteiger partial charge in [0.2, 0.25) is 11.6 Å². The summed E-state index contributed by atoms with van der Waals surface area (Å²) in [5, 5.41) is 0. The predicted molar refractivity (Wildman–Crippen MR) is 95.6 cm³/mol. The van der Waals surface area contributed by atoms with Gasteiger partial charge in [-0.2, -0.15) is 8.78 Å². The Morgan fingerprint density at radius 1 is 1.12 bits per heavy atom. The largest absolute Gasteiger partial charge is 0.491 e. The van der Waals surface area contributed by atoms with Gasteiger partial charge in [-0.3, -0.25) is 4.79 Å². The van der Waals surface area contributed by atoms with Gasteiger partial charge in [-0.05, 0) is 31.9 Å². The first kappa shape index (κ1) is 19.9. The molecule has 1 fully saturated rings. The number of unbranched alkanes of at least 4 members (excludes halogenated alkanes) is 2. The third-order valence-electron chi connectivity index (χ3n) is 4.68. The molecule has 2 rings (SSSR count). The second kappa shape index (κ2) is 9.90.